The maximum Gasteiger partial charge on any atom is 0.224 e. The largest absolute Gasteiger partial charge is 0.409 e. The van der Waals surface area contributed by atoms with Crippen molar-refractivity contribution in [3.05, 3.63) is 29.6 Å². The number of carbonyl (C=O) groups excluding carboxylic acids is 1. The summed E-state index contributed by atoms with van der Waals surface area (Å²) in [5.41, 5.74) is 5.50. The third-order valence-electron chi connectivity index (χ3n) is 2.88. The van der Waals surface area contributed by atoms with Gasteiger partial charge in [0.2, 0.25) is 5.91 Å². The van der Waals surface area contributed by atoms with Crippen molar-refractivity contribution in [1.29, 1.82) is 0 Å². The van der Waals surface area contributed by atoms with Crippen molar-refractivity contribution in [2.75, 3.05) is 5.32 Å². The van der Waals surface area contributed by atoms with Gasteiger partial charge in [-0.05, 0) is 18.1 Å². The van der Waals surface area contributed by atoms with Crippen LogP contribution in [-0.4, -0.2) is 17.0 Å². The molecule has 0 aromatic heterocycles. The summed E-state index contributed by atoms with van der Waals surface area (Å²) in [6.07, 6.45) is 1.21. The van der Waals surface area contributed by atoms with E-state index in [0.29, 0.717) is 6.42 Å². The molecule has 0 spiro atoms. The quantitative estimate of drug-likeness (QED) is 0.331. The van der Waals surface area contributed by atoms with Crippen LogP contribution in [0.25, 0.3) is 0 Å². The van der Waals surface area contributed by atoms with Gasteiger partial charge in [0.25, 0.3) is 0 Å². The molecule has 0 heterocycles. The van der Waals surface area contributed by atoms with Gasteiger partial charge >= 0.3 is 0 Å². The molecule has 1 amide bonds. The van der Waals surface area contributed by atoms with E-state index < -0.39 is 5.82 Å². The van der Waals surface area contributed by atoms with Gasteiger partial charge in [0, 0.05) is 6.42 Å². The number of hydrogen-bond acceptors (Lipinski definition) is 3. The first-order valence-electron chi connectivity index (χ1n) is 6.05. The van der Waals surface area contributed by atoms with Gasteiger partial charge in [0.1, 0.15) is 5.82 Å². The van der Waals surface area contributed by atoms with Crippen molar-refractivity contribution in [2.24, 2.45) is 16.8 Å². The van der Waals surface area contributed by atoms with Gasteiger partial charge in [-0.2, -0.15) is 0 Å². The smallest absolute Gasteiger partial charge is 0.224 e. The normalized spacial score (nSPS) is 13.1. The lowest BCUT2D eigenvalue weighted by atomic mass is 10.0. The lowest BCUT2D eigenvalue weighted by Gasteiger charge is -2.12. The number of nitrogens with one attached hydrogen (secondary N) is 1. The van der Waals surface area contributed by atoms with Crippen molar-refractivity contribution in [3.63, 3.8) is 0 Å². The van der Waals surface area contributed by atoms with Crippen LogP contribution < -0.4 is 11.1 Å². The van der Waals surface area contributed by atoms with Gasteiger partial charge < -0.3 is 16.3 Å². The van der Waals surface area contributed by atoms with E-state index in [4.69, 9.17) is 10.9 Å². The van der Waals surface area contributed by atoms with Gasteiger partial charge in [-0.3, -0.25) is 4.79 Å². The van der Waals surface area contributed by atoms with Crippen LogP contribution in [0.5, 0.6) is 0 Å². The fraction of sp³-hybridized carbons (Fsp3) is 0.385. The van der Waals surface area contributed by atoms with Gasteiger partial charge in [0.05, 0.1) is 11.3 Å². The molecule has 1 unspecified atom stereocenters. The zero-order valence-corrected chi connectivity index (χ0v) is 11.0. The minimum Gasteiger partial charge on any atom is -0.409 e. The Balaban J connectivity index is 2.95. The molecule has 1 aromatic rings. The molecule has 5 nitrogen and oxygen atoms in total. The number of amidine groups is 1. The molecule has 0 bridgehead atoms. The Hall–Kier alpha value is -2.11. The van der Waals surface area contributed by atoms with E-state index in [1.54, 1.807) is 0 Å². The van der Waals surface area contributed by atoms with Crippen LogP contribution in [-0.2, 0) is 4.79 Å². The number of carbonyl (C=O) groups is 1. The average molecular weight is 267 g/mol. The van der Waals surface area contributed by atoms with Crippen LogP contribution in [0.4, 0.5) is 10.1 Å². The van der Waals surface area contributed by atoms with Crippen LogP contribution in [0.15, 0.2) is 23.4 Å². The Kier molecular flexibility index (Phi) is 5.29. The molecular formula is C13H18FN3O2. The topological polar surface area (TPSA) is 87.7 Å². The van der Waals surface area contributed by atoms with E-state index in [2.05, 4.69) is 10.5 Å². The predicted octanol–water partition coefficient (Wildman–Crippen LogP) is 2.29. The van der Waals surface area contributed by atoms with Crippen LogP contribution in [0, 0.1) is 11.7 Å². The van der Waals surface area contributed by atoms with Crippen LogP contribution >= 0.6 is 0 Å². The number of nitrogens with two attached hydrogens (primary N) is 1. The van der Waals surface area contributed by atoms with E-state index in [9.17, 15) is 9.18 Å². The van der Waals surface area contributed by atoms with E-state index in [0.717, 1.165) is 6.42 Å². The van der Waals surface area contributed by atoms with Gasteiger partial charge in [-0.15, -0.1) is 0 Å². The molecule has 1 rings (SSSR count). The molecule has 0 aliphatic rings. The minimum atomic E-state index is -0.656. The molecular weight excluding hydrogens is 249 g/mol. The molecule has 104 valence electrons. The van der Waals surface area contributed by atoms with Crippen LogP contribution in [0.1, 0.15) is 32.3 Å². The molecule has 0 radical (unpaired) electrons. The summed E-state index contributed by atoms with van der Waals surface area (Å²) in [5, 5.41) is 14.0. The molecule has 19 heavy (non-hydrogen) atoms. The van der Waals surface area contributed by atoms with Crippen LogP contribution in [0.2, 0.25) is 0 Å². The first kappa shape index (κ1) is 14.9. The third kappa shape index (κ3) is 3.94. The number of benzene rings is 1. The average Bonchev–Trinajstić information content (AvgIpc) is 2.37. The molecule has 0 saturated carbocycles. The predicted molar refractivity (Wildman–Crippen MR) is 71.6 cm³/mol. The van der Waals surface area contributed by atoms with Gasteiger partial charge in [-0.25, -0.2) is 4.39 Å². The first-order chi connectivity index (χ1) is 8.99. The number of anilines is 1. The van der Waals surface area contributed by atoms with E-state index >= 15 is 0 Å². The number of rotatable bonds is 5. The van der Waals surface area contributed by atoms with Crippen LogP contribution in [0.3, 0.4) is 0 Å². The number of oxime groups is 1. The zero-order chi connectivity index (χ0) is 14.4. The molecule has 6 heteroatoms. The van der Waals surface area contributed by atoms with Crippen molar-refractivity contribution < 1.29 is 14.4 Å². The Labute approximate surface area is 111 Å². The molecule has 1 atom stereocenters. The molecule has 0 aliphatic heterocycles. The number of amides is 1. The maximum atomic E-state index is 13.6. The molecule has 0 saturated heterocycles. The van der Waals surface area contributed by atoms with E-state index in [1.165, 1.54) is 18.2 Å². The third-order valence-corrected chi connectivity index (χ3v) is 2.88. The second kappa shape index (κ2) is 6.72. The summed E-state index contributed by atoms with van der Waals surface area (Å²) in [7, 11) is 0. The van der Waals surface area contributed by atoms with Crippen molar-refractivity contribution in [2.45, 2.75) is 26.7 Å². The number of halogens is 1. The summed E-state index contributed by atoms with van der Waals surface area (Å²) in [6.45, 7) is 3.94. The van der Waals surface area contributed by atoms with Crippen molar-refractivity contribution in [1.82, 2.24) is 0 Å². The fourth-order valence-electron chi connectivity index (χ4n) is 1.60. The summed E-state index contributed by atoms with van der Waals surface area (Å²) in [6, 6.07) is 4.13. The Morgan fingerprint density at radius 2 is 2.26 bits per heavy atom. The highest BCUT2D eigenvalue weighted by atomic mass is 19.1. The van der Waals surface area contributed by atoms with E-state index in [1.807, 2.05) is 13.8 Å². The van der Waals surface area contributed by atoms with Crippen molar-refractivity contribution >= 4 is 17.4 Å². The van der Waals surface area contributed by atoms with Gasteiger partial charge in [0.15, 0.2) is 5.84 Å². The summed E-state index contributed by atoms with van der Waals surface area (Å²) >= 11 is 0. The Morgan fingerprint density at radius 1 is 1.58 bits per heavy atom. The lowest BCUT2D eigenvalue weighted by molar-refractivity contribution is -0.117. The zero-order valence-electron chi connectivity index (χ0n) is 11.0. The molecule has 0 fully saturated rings. The summed E-state index contributed by atoms with van der Waals surface area (Å²) in [5.74, 6) is -1.03. The highest BCUT2D eigenvalue weighted by Crippen LogP contribution is 2.19. The summed E-state index contributed by atoms with van der Waals surface area (Å²) < 4.78 is 13.6. The minimum absolute atomic E-state index is 0.109. The molecule has 0 aliphatic carbocycles. The van der Waals surface area contributed by atoms with Crippen molar-refractivity contribution in [3.8, 4) is 0 Å². The van der Waals surface area contributed by atoms with Gasteiger partial charge in [-0.1, -0.05) is 31.5 Å². The molecule has 4 N–H and O–H groups in total. The Morgan fingerprint density at radius 3 is 2.84 bits per heavy atom. The monoisotopic (exact) mass is 267 g/mol. The SMILES string of the molecule is CCC(C)CC(=O)Nc1cccc(F)c1/C(N)=N/O. The number of hydrogen-bond donors (Lipinski definition) is 3. The first-order valence-corrected chi connectivity index (χ1v) is 6.05. The highest BCUT2D eigenvalue weighted by Gasteiger charge is 2.15. The second-order valence-electron chi connectivity index (χ2n) is 4.41. The molecule has 1 aromatic carbocycles. The lowest BCUT2D eigenvalue weighted by Crippen LogP contribution is -2.21. The fourth-order valence-corrected chi connectivity index (χ4v) is 1.60. The Bertz CT molecular complexity index is 489. The maximum absolute atomic E-state index is 13.6. The second-order valence-corrected chi connectivity index (χ2v) is 4.41. The summed E-state index contributed by atoms with van der Waals surface area (Å²) in [4.78, 5) is 11.8. The van der Waals surface area contributed by atoms with E-state index in [-0.39, 0.29) is 28.9 Å². The highest BCUT2D eigenvalue weighted by molar-refractivity contribution is 6.05. The number of nitrogens with zero attached hydrogens (tertiary/aromatic N) is 1. The standard InChI is InChI=1S/C13H18FN3O2/c1-3-8(2)7-11(18)16-10-6-4-5-9(14)12(10)13(15)17-19/h4-6,8,19H,3,7H2,1-2H3,(H2,15,17)(H,16,18).